The minimum atomic E-state index is -0.767. The number of hydrogen-bond acceptors (Lipinski definition) is 2. The first-order valence-corrected chi connectivity index (χ1v) is 6.81. The number of carbonyl (C=O) groups excluding carboxylic acids is 1. The van der Waals surface area contributed by atoms with Gasteiger partial charge in [0.25, 0.3) is 0 Å². The van der Waals surface area contributed by atoms with Crippen LogP contribution in [0.1, 0.15) is 38.5 Å². The normalized spacial score (nSPS) is 18.1. The van der Waals surface area contributed by atoms with Gasteiger partial charge in [-0.15, -0.1) is 12.3 Å². The summed E-state index contributed by atoms with van der Waals surface area (Å²) in [5.41, 5.74) is 0. The van der Waals surface area contributed by atoms with Gasteiger partial charge in [0.1, 0.15) is 0 Å². The van der Waals surface area contributed by atoms with E-state index in [0.29, 0.717) is 25.4 Å². The van der Waals surface area contributed by atoms with Gasteiger partial charge in [-0.3, -0.25) is 4.79 Å². The molecule has 0 aliphatic carbocycles. The summed E-state index contributed by atoms with van der Waals surface area (Å²) in [7, 11) is 0. The quantitative estimate of drug-likeness (QED) is 0.544. The van der Waals surface area contributed by atoms with Crippen molar-refractivity contribution in [2.24, 2.45) is 5.92 Å². The lowest BCUT2D eigenvalue weighted by molar-refractivity contribution is -0.137. The van der Waals surface area contributed by atoms with E-state index in [0.717, 1.165) is 32.2 Å². The van der Waals surface area contributed by atoms with E-state index < -0.39 is 5.97 Å². The molecule has 5 nitrogen and oxygen atoms in total. The van der Waals surface area contributed by atoms with Gasteiger partial charge < -0.3 is 15.3 Å². The van der Waals surface area contributed by atoms with Crippen LogP contribution in [-0.4, -0.2) is 41.6 Å². The molecule has 1 rings (SSSR count). The summed E-state index contributed by atoms with van der Waals surface area (Å²) in [6.07, 6.45) is 9.46. The molecule has 0 spiro atoms. The Hall–Kier alpha value is -1.70. The van der Waals surface area contributed by atoms with E-state index in [1.54, 1.807) is 4.90 Å². The Morgan fingerprint density at radius 3 is 2.89 bits per heavy atom. The van der Waals surface area contributed by atoms with Gasteiger partial charge in [-0.1, -0.05) is 0 Å². The predicted octanol–water partition coefficient (Wildman–Crippen LogP) is 1.69. The molecule has 1 saturated heterocycles. The van der Waals surface area contributed by atoms with Crippen molar-refractivity contribution in [1.29, 1.82) is 0 Å². The van der Waals surface area contributed by atoms with Crippen molar-refractivity contribution in [3.8, 4) is 12.3 Å². The molecule has 1 atom stereocenters. The standard InChI is InChI=1S/C14H22N2O3/c1-2-3-4-5-9-15-14(19)16-10-8-12(11-16)6-7-13(17)18/h1,12H,3-11H2,(H,15,19)(H,17,18). The second kappa shape index (κ2) is 8.41. The molecule has 1 heterocycles. The van der Waals surface area contributed by atoms with Crippen LogP contribution < -0.4 is 5.32 Å². The maximum atomic E-state index is 11.8. The van der Waals surface area contributed by atoms with Crippen molar-refractivity contribution in [3.63, 3.8) is 0 Å². The summed E-state index contributed by atoms with van der Waals surface area (Å²) in [6, 6.07) is -0.0430. The number of urea groups is 1. The van der Waals surface area contributed by atoms with Crippen molar-refractivity contribution in [2.75, 3.05) is 19.6 Å². The number of likely N-dealkylation sites (tertiary alicyclic amines) is 1. The summed E-state index contributed by atoms with van der Waals surface area (Å²) in [4.78, 5) is 24.1. The molecule has 0 aromatic carbocycles. The molecule has 1 aliphatic rings. The number of unbranched alkanes of at least 4 members (excludes halogenated alkanes) is 2. The van der Waals surface area contributed by atoms with Gasteiger partial charge in [0.15, 0.2) is 0 Å². The summed E-state index contributed by atoms with van der Waals surface area (Å²) in [5.74, 6) is 2.12. The summed E-state index contributed by atoms with van der Waals surface area (Å²) in [5, 5.41) is 11.5. The van der Waals surface area contributed by atoms with E-state index >= 15 is 0 Å². The SMILES string of the molecule is C#CCCCCNC(=O)N1CCC(CCC(=O)O)C1. The van der Waals surface area contributed by atoms with Crippen molar-refractivity contribution in [2.45, 2.75) is 38.5 Å². The van der Waals surface area contributed by atoms with Crippen molar-refractivity contribution in [1.82, 2.24) is 10.2 Å². The van der Waals surface area contributed by atoms with Crippen LogP contribution in [0.15, 0.2) is 0 Å². The number of nitrogens with zero attached hydrogens (tertiary/aromatic N) is 1. The number of hydrogen-bond donors (Lipinski definition) is 2. The Morgan fingerprint density at radius 2 is 2.21 bits per heavy atom. The number of terminal acetylenes is 1. The second-order valence-electron chi connectivity index (χ2n) is 4.93. The zero-order valence-electron chi connectivity index (χ0n) is 11.2. The van der Waals surface area contributed by atoms with E-state index in [9.17, 15) is 9.59 Å². The summed E-state index contributed by atoms with van der Waals surface area (Å²) in [6.45, 7) is 2.04. The Balaban J connectivity index is 2.14. The fraction of sp³-hybridized carbons (Fsp3) is 0.714. The largest absolute Gasteiger partial charge is 0.481 e. The van der Waals surface area contributed by atoms with Gasteiger partial charge in [0.05, 0.1) is 0 Å². The first-order valence-electron chi connectivity index (χ1n) is 6.81. The highest BCUT2D eigenvalue weighted by Gasteiger charge is 2.26. The average Bonchev–Trinajstić information content (AvgIpc) is 2.84. The zero-order chi connectivity index (χ0) is 14.1. The smallest absolute Gasteiger partial charge is 0.317 e. The van der Waals surface area contributed by atoms with Gasteiger partial charge in [-0.05, 0) is 31.6 Å². The van der Waals surface area contributed by atoms with Crippen LogP contribution in [0.3, 0.4) is 0 Å². The maximum Gasteiger partial charge on any atom is 0.317 e. The van der Waals surface area contributed by atoms with Gasteiger partial charge in [0.2, 0.25) is 0 Å². The molecule has 0 aromatic rings. The maximum absolute atomic E-state index is 11.8. The number of aliphatic carboxylic acids is 1. The number of carboxylic acids is 1. The number of amides is 2. The number of carboxylic acid groups (broad SMARTS) is 1. The number of carbonyl (C=O) groups is 2. The van der Waals surface area contributed by atoms with Crippen molar-refractivity contribution < 1.29 is 14.7 Å². The third-order valence-electron chi connectivity index (χ3n) is 3.36. The lowest BCUT2D eigenvalue weighted by Gasteiger charge is -2.17. The minimum absolute atomic E-state index is 0.0430. The Labute approximate surface area is 114 Å². The molecule has 2 amide bonds. The number of rotatable bonds is 7. The van der Waals surface area contributed by atoms with E-state index in [2.05, 4.69) is 11.2 Å². The Kier molecular flexibility index (Phi) is 6.80. The van der Waals surface area contributed by atoms with Crippen LogP contribution in [0, 0.1) is 18.3 Å². The predicted molar refractivity (Wildman–Crippen MR) is 72.6 cm³/mol. The van der Waals surface area contributed by atoms with Crippen LogP contribution >= 0.6 is 0 Å². The molecular formula is C14H22N2O3. The van der Waals surface area contributed by atoms with Gasteiger partial charge in [0, 0.05) is 32.5 Å². The van der Waals surface area contributed by atoms with E-state index in [1.807, 2.05) is 0 Å². The highest BCUT2D eigenvalue weighted by atomic mass is 16.4. The zero-order valence-corrected chi connectivity index (χ0v) is 11.2. The average molecular weight is 266 g/mol. The molecule has 19 heavy (non-hydrogen) atoms. The number of nitrogens with one attached hydrogen (secondary N) is 1. The third kappa shape index (κ3) is 6.14. The van der Waals surface area contributed by atoms with E-state index in [1.165, 1.54) is 0 Å². The lowest BCUT2D eigenvalue weighted by atomic mass is 10.0. The molecule has 2 N–H and O–H groups in total. The molecular weight excluding hydrogens is 244 g/mol. The fourth-order valence-corrected chi connectivity index (χ4v) is 2.24. The molecule has 1 fully saturated rings. The van der Waals surface area contributed by atoms with Gasteiger partial charge >= 0.3 is 12.0 Å². The van der Waals surface area contributed by atoms with Crippen molar-refractivity contribution in [3.05, 3.63) is 0 Å². The van der Waals surface area contributed by atoms with Gasteiger partial charge in [-0.25, -0.2) is 4.79 Å². The summed E-state index contributed by atoms with van der Waals surface area (Å²) >= 11 is 0. The first-order chi connectivity index (χ1) is 9.13. The Morgan fingerprint density at radius 1 is 1.42 bits per heavy atom. The molecule has 0 bridgehead atoms. The topological polar surface area (TPSA) is 69.6 Å². The fourth-order valence-electron chi connectivity index (χ4n) is 2.24. The van der Waals surface area contributed by atoms with E-state index in [4.69, 9.17) is 11.5 Å². The summed E-state index contributed by atoms with van der Waals surface area (Å²) < 4.78 is 0. The highest BCUT2D eigenvalue weighted by Crippen LogP contribution is 2.20. The Bertz CT molecular complexity index is 349. The van der Waals surface area contributed by atoms with Crippen LogP contribution in [0.4, 0.5) is 4.79 Å². The van der Waals surface area contributed by atoms with Crippen LogP contribution in [0.2, 0.25) is 0 Å². The molecule has 1 unspecified atom stereocenters. The van der Waals surface area contributed by atoms with Crippen LogP contribution in [0.5, 0.6) is 0 Å². The lowest BCUT2D eigenvalue weighted by Crippen LogP contribution is -2.38. The third-order valence-corrected chi connectivity index (χ3v) is 3.36. The molecule has 0 saturated carbocycles. The van der Waals surface area contributed by atoms with Crippen LogP contribution in [-0.2, 0) is 4.79 Å². The second-order valence-corrected chi connectivity index (χ2v) is 4.93. The molecule has 5 heteroatoms. The minimum Gasteiger partial charge on any atom is -0.481 e. The van der Waals surface area contributed by atoms with Gasteiger partial charge in [-0.2, -0.15) is 0 Å². The van der Waals surface area contributed by atoms with Crippen LogP contribution in [0.25, 0.3) is 0 Å². The van der Waals surface area contributed by atoms with E-state index in [-0.39, 0.29) is 12.5 Å². The molecule has 106 valence electrons. The van der Waals surface area contributed by atoms with Crippen molar-refractivity contribution >= 4 is 12.0 Å². The molecule has 0 aromatic heterocycles. The molecule has 1 aliphatic heterocycles. The monoisotopic (exact) mass is 266 g/mol. The molecule has 0 radical (unpaired) electrons. The highest BCUT2D eigenvalue weighted by molar-refractivity contribution is 5.74. The first kappa shape index (κ1) is 15.4.